The van der Waals surface area contributed by atoms with Crippen molar-refractivity contribution in [1.29, 1.82) is 0 Å². The van der Waals surface area contributed by atoms with Crippen LogP contribution in [0.4, 0.5) is 0 Å². The van der Waals surface area contributed by atoms with Gasteiger partial charge in [0.2, 0.25) is 0 Å². The predicted octanol–water partition coefficient (Wildman–Crippen LogP) is 4.22. The van der Waals surface area contributed by atoms with Gasteiger partial charge in [-0.3, -0.25) is 0 Å². The van der Waals surface area contributed by atoms with Crippen molar-refractivity contribution in [2.75, 3.05) is 0 Å². The highest BCUT2D eigenvalue weighted by Crippen LogP contribution is 2.22. The maximum absolute atomic E-state index is 5.85. The van der Waals surface area contributed by atoms with Crippen LogP contribution in [0.2, 0.25) is 5.02 Å². The van der Waals surface area contributed by atoms with Crippen molar-refractivity contribution in [2.24, 2.45) is 0 Å². The van der Waals surface area contributed by atoms with Gasteiger partial charge in [0.15, 0.2) is 0 Å². The summed E-state index contributed by atoms with van der Waals surface area (Å²) in [5, 5.41) is 0.789. The number of halogens is 2. The van der Waals surface area contributed by atoms with Crippen LogP contribution in [-0.4, -0.2) is 0 Å². The molecule has 1 aromatic carbocycles. The summed E-state index contributed by atoms with van der Waals surface area (Å²) in [6, 6.07) is 5.83. The number of hydrogen-bond acceptors (Lipinski definition) is 0. The molecule has 64 valence electrons. The highest BCUT2D eigenvalue weighted by atomic mass is 79.9. The summed E-state index contributed by atoms with van der Waals surface area (Å²) in [6.45, 7) is 3.68. The molecular formula is C10H10BrCl. The number of aryl methyl sites for hydroxylation is 1. The third-order valence-corrected chi connectivity index (χ3v) is 2.63. The normalized spacial score (nSPS) is 9.83. The van der Waals surface area contributed by atoms with E-state index in [2.05, 4.69) is 22.5 Å². The summed E-state index contributed by atoms with van der Waals surface area (Å²) in [4.78, 5) is 0. The first-order chi connectivity index (χ1) is 5.74. The van der Waals surface area contributed by atoms with Crippen molar-refractivity contribution >= 4 is 27.5 Å². The Morgan fingerprint density at radius 2 is 2.25 bits per heavy atom. The summed E-state index contributed by atoms with van der Waals surface area (Å²) in [6.07, 6.45) is 3.89. The van der Waals surface area contributed by atoms with E-state index in [9.17, 15) is 0 Å². The molecule has 0 aliphatic rings. The molecule has 0 atom stereocenters. The van der Waals surface area contributed by atoms with Crippen LogP contribution in [0.15, 0.2) is 35.3 Å². The second-order valence-electron chi connectivity index (χ2n) is 2.56. The maximum Gasteiger partial charge on any atom is 0.0409 e. The van der Waals surface area contributed by atoms with Crippen LogP contribution in [0, 0.1) is 0 Å². The van der Waals surface area contributed by atoms with Crippen LogP contribution >= 0.6 is 27.5 Å². The Morgan fingerprint density at radius 1 is 1.50 bits per heavy atom. The lowest BCUT2D eigenvalue weighted by atomic mass is 10.1. The first-order valence-electron chi connectivity index (χ1n) is 3.79. The summed E-state index contributed by atoms with van der Waals surface area (Å²) in [5.74, 6) is 0. The van der Waals surface area contributed by atoms with Crippen molar-refractivity contribution in [3.8, 4) is 0 Å². The molecule has 0 aliphatic heterocycles. The Kier molecular flexibility index (Phi) is 3.83. The average molecular weight is 246 g/mol. The Morgan fingerprint density at radius 3 is 2.92 bits per heavy atom. The van der Waals surface area contributed by atoms with Gasteiger partial charge >= 0.3 is 0 Å². The van der Waals surface area contributed by atoms with Crippen LogP contribution < -0.4 is 0 Å². The van der Waals surface area contributed by atoms with E-state index in [1.54, 1.807) is 0 Å². The van der Waals surface area contributed by atoms with Crippen LogP contribution in [0.25, 0.3) is 0 Å². The molecule has 0 aliphatic carbocycles. The van der Waals surface area contributed by atoms with Crippen LogP contribution in [0.3, 0.4) is 0 Å². The Hall–Kier alpha value is -0.270. The second-order valence-corrected chi connectivity index (χ2v) is 3.85. The van der Waals surface area contributed by atoms with E-state index >= 15 is 0 Å². The van der Waals surface area contributed by atoms with E-state index < -0.39 is 0 Å². The van der Waals surface area contributed by atoms with E-state index in [1.807, 2.05) is 24.3 Å². The molecule has 0 bridgehead atoms. The zero-order valence-electron chi connectivity index (χ0n) is 6.69. The third kappa shape index (κ3) is 2.65. The van der Waals surface area contributed by atoms with Gasteiger partial charge in [-0.1, -0.05) is 33.6 Å². The second kappa shape index (κ2) is 4.68. The Balaban J connectivity index is 2.82. The molecule has 0 saturated heterocycles. The van der Waals surface area contributed by atoms with Gasteiger partial charge in [0.1, 0.15) is 0 Å². The van der Waals surface area contributed by atoms with Crippen molar-refractivity contribution in [1.82, 2.24) is 0 Å². The molecular weight excluding hydrogens is 235 g/mol. The number of rotatable bonds is 3. The highest BCUT2D eigenvalue weighted by Gasteiger charge is 1.98. The lowest BCUT2D eigenvalue weighted by molar-refractivity contribution is 0.997. The molecule has 0 heterocycles. The molecule has 0 spiro atoms. The van der Waals surface area contributed by atoms with Crippen molar-refractivity contribution in [2.45, 2.75) is 12.8 Å². The standard InChI is InChI=1S/C10H10BrCl/c1-2-3-4-8-7-9(12)5-6-10(8)11/h2,5-7H,1,3-4H2. The molecule has 1 aromatic rings. The molecule has 2 heteroatoms. The molecule has 0 unspecified atom stereocenters. The Bertz CT molecular complexity index is 281. The maximum atomic E-state index is 5.85. The van der Waals surface area contributed by atoms with E-state index in [-0.39, 0.29) is 0 Å². The topological polar surface area (TPSA) is 0 Å². The summed E-state index contributed by atoms with van der Waals surface area (Å²) in [5.41, 5.74) is 1.24. The largest absolute Gasteiger partial charge is 0.103 e. The number of benzene rings is 1. The zero-order valence-corrected chi connectivity index (χ0v) is 9.03. The van der Waals surface area contributed by atoms with E-state index in [4.69, 9.17) is 11.6 Å². The summed E-state index contributed by atoms with van der Waals surface area (Å²) < 4.78 is 1.12. The van der Waals surface area contributed by atoms with Gasteiger partial charge in [0.25, 0.3) is 0 Å². The van der Waals surface area contributed by atoms with Crippen LogP contribution in [-0.2, 0) is 6.42 Å². The molecule has 0 radical (unpaired) electrons. The smallest absolute Gasteiger partial charge is 0.0409 e. The number of hydrogen-bond donors (Lipinski definition) is 0. The SMILES string of the molecule is C=CCCc1cc(Cl)ccc1Br. The molecule has 0 nitrogen and oxygen atoms in total. The van der Waals surface area contributed by atoms with Gasteiger partial charge in [-0.05, 0) is 36.6 Å². The Labute approximate surface area is 86.4 Å². The van der Waals surface area contributed by atoms with E-state index in [1.165, 1.54) is 5.56 Å². The number of allylic oxidation sites excluding steroid dienone is 1. The van der Waals surface area contributed by atoms with E-state index in [0.29, 0.717) is 0 Å². The highest BCUT2D eigenvalue weighted by molar-refractivity contribution is 9.10. The lowest BCUT2D eigenvalue weighted by Crippen LogP contribution is -1.84. The van der Waals surface area contributed by atoms with Gasteiger partial charge in [-0.25, -0.2) is 0 Å². The fourth-order valence-corrected chi connectivity index (χ4v) is 1.63. The summed E-state index contributed by atoms with van der Waals surface area (Å²) >= 11 is 9.32. The minimum Gasteiger partial charge on any atom is -0.103 e. The minimum absolute atomic E-state index is 0.789. The van der Waals surface area contributed by atoms with Gasteiger partial charge in [-0.15, -0.1) is 6.58 Å². The molecule has 1 rings (SSSR count). The molecule has 0 fully saturated rings. The molecule has 0 N–H and O–H groups in total. The predicted molar refractivity (Wildman–Crippen MR) is 57.7 cm³/mol. The van der Waals surface area contributed by atoms with Gasteiger partial charge in [0.05, 0.1) is 0 Å². The molecule has 12 heavy (non-hydrogen) atoms. The fraction of sp³-hybridized carbons (Fsp3) is 0.200. The fourth-order valence-electron chi connectivity index (χ4n) is 0.992. The van der Waals surface area contributed by atoms with Gasteiger partial charge in [-0.2, -0.15) is 0 Å². The van der Waals surface area contributed by atoms with Crippen LogP contribution in [0.1, 0.15) is 12.0 Å². The van der Waals surface area contributed by atoms with Gasteiger partial charge in [0, 0.05) is 9.50 Å². The van der Waals surface area contributed by atoms with Crippen molar-refractivity contribution in [3.63, 3.8) is 0 Å². The average Bonchev–Trinajstić information content (AvgIpc) is 2.07. The summed E-state index contributed by atoms with van der Waals surface area (Å²) in [7, 11) is 0. The van der Waals surface area contributed by atoms with Crippen molar-refractivity contribution < 1.29 is 0 Å². The first kappa shape index (κ1) is 9.82. The van der Waals surface area contributed by atoms with Gasteiger partial charge < -0.3 is 0 Å². The minimum atomic E-state index is 0.789. The monoisotopic (exact) mass is 244 g/mol. The third-order valence-electron chi connectivity index (χ3n) is 1.63. The van der Waals surface area contributed by atoms with Crippen LogP contribution in [0.5, 0.6) is 0 Å². The lowest BCUT2D eigenvalue weighted by Gasteiger charge is -2.02. The van der Waals surface area contributed by atoms with Crippen molar-refractivity contribution in [3.05, 3.63) is 45.9 Å². The quantitative estimate of drug-likeness (QED) is 0.700. The van der Waals surface area contributed by atoms with E-state index in [0.717, 1.165) is 22.3 Å². The molecule has 0 saturated carbocycles. The first-order valence-corrected chi connectivity index (χ1v) is 4.96. The zero-order chi connectivity index (χ0) is 8.97. The molecule has 0 aromatic heterocycles. The molecule has 0 amide bonds.